The Bertz CT molecular complexity index is 782. The summed E-state index contributed by atoms with van der Waals surface area (Å²) in [5.41, 5.74) is 0.499. The minimum atomic E-state index is -3.53. The summed E-state index contributed by atoms with van der Waals surface area (Å²) < 4.78 is 27.4. The first kappa shape index (κ1) is 23.2. The first-order valence-electron chi connectivity index (χ1n) is 11.5. The van der Waals surface area contributed by atoms with E-state index in [1.165, 1.54) is 30.0 Å². The molecule has 1 heterocycles. The Morgan fingerprint density at radius 3 is 2.30 bits per heavy atom. The van der Waals surface area contributed by atoms with Crippen molar-refractivity contribution in [2.24, 2.45) is 5.92 Å². The number of carbonyl (C=O) groups is 1. The average Bonchev–Trinajstić information content (AvgIpc) is 2.78. The van der Waals surface area contributed by atoms with Crippen LogP contribution >= 0.6 is 0 Å². The predicted molar refractivity (Wildman–Crippen MR) is 120 cm³/mol. The molecular weight excluding hydrogens is 398 g/mol. The van der Waals surface area contributed by atoms with Crippen molar-refractivity contribution in [2.75, 3.05) is 33.2 Å². The molecule has 3 rings (SSSR count). The van der Waals surface area contributed by atoms with E-state index in [2.05, 4.69) is 17.1 Å². The number of piperidine rings is 1. The highest BCUT2D eigenvalue weighted by atomic mass is 32.2. The summed E-state index contributed by atoms with van der Waals surface area (Å²) in [7, 11) is -1.85. The van der Waals surface area contributed by atoms with Gasteiger partial charge in [-0.2, -0.15) is 4.31 Å². The van der Waals surface area contributed by atoms with E-state index < -0.39 is 10.0 Å². The van der Waals surface area contributed by atoms with Gasteiger partial charge in [0.2, 0.25) is 10.0 Å². The largest absolute Gasteiger partial charge is 0.352 e. The highest BCUT2D eigenvalue weighted by molar-refractivity contribution is 7.89. The van der Waals surface area contributed by atoms with Crippen LogP contribution < -0.4 is 5.32 Å². The third-order valence-corrected chi connectivity index (χ3v) is 8.44. The molecule has 1 saturated carbocycles. The molecule has 1 atom stereocenters. The number of rotatable bonds is 8. The lowest BCUT2D eigenvalue weighted by atomic mass is 9.96. The van der Waals surface area contributed by atoms with Crippen molar-refractivity contribution in [3.63, 3.8) is 0 Å². The van der Waals surface area contributed by atoms with E-state index in [-0.39, 0.29) is 16.8 Å². The molecule has 30 heavy (non-hydrogen) atoms. The fourth-order valence-corrected chi connectivity index (χ4v) is 6.02. The maximum Gasteiger partial charge on any atom is 0.251 e. The zero-order chi connectivity index (χ0) is 21.6. The second-order valence-electron chi connectivity index (χ2n) is 9.01. The van der Waals surface area contributed by atoms with E-state index in [0.29, 0.717) is 18.0 Å². The molecule has 0 spiro atoms. The summed E-state index contributed by atoms with van der Waals surface area (Å²) >= 11 is 0. The molecule has 1 aromatic carbocycles. The van der Waals surface area contributed by atoms with Gasteiger partial charge >= 0.3 is 0 Å². The number of amides is 1. The van der Waals surface area contributed by atoms with Crippen molar-refractivity contribution < 1.29 is 13.2 Å². The molecule has 0 aromatic heterocycles. The van der Waals surface area contributed by atoms with Crippen molar-refractivity contribution in [1.29, 1.82) is 0 Å². The minimum Gasteiger partial charge on any atom is -0.352 e. The fourth-order valence-electron chi connectivity index (χ4n) is 4.60. The Balaban J connectivity index is 1.53. The van der Waals surface area contributed by atoms with Crippen LogP contribution in [-0.4, -0.2) is 62.8 Å². The molecular formula is C23H37N3O3S. The van der Waals surface area contributed by atoms with E-state index in [1.54, 1.807) is 31.3 Å². The minimum absolute atomic E-state index is 0.0770. The fraction of sp³-hybridized carbons (Fsp3) is 0.696. The first-order valence-corrected chi connectivity index (χ1v) is 12.9. The maximum atomic E-state index is 12.9. The second kappa shape index (κ2) is 10.7. The highest BCUT2D eigenvalue weighted by Crippen LogP contribution is 2.26. The summed E-state index contributed by atoms with van der Waals surface area (Å²) in [4.78, 5) is 15.2. The Morgan fingerprint density at radius 1 is 1.07 bits per heavy atom. The number of nitrogens with zero attached hydrogens (tertiary/aromatic N) is 2. The van der Waals surface area contributed by atoms with Crippen LogP contribution in [0.5, 0.6) is 0 Å². The Labute approximate surface area is 182 Å². The smallest absolute Gasteiger partial charge is 0.251 e. The van der Waals surface area contributed by atoms with Crippen molar-refractivity contribution in [1.82, 2.24) is 14.5 Å². The van der Waals surface area contributed by atoms with Crippen LogP contribution in [0.2, 0.25) is 0 Å². The lowest BCUT2D eigenvalue weighted by Gasteiger charge is -2.30. The van der Waals surface area contributed by atoms with E-state index in [0.717, 1.165) is 45.3 Å². The number of sulfonamides is 1. The van der Waals surface area contributed by atoms with Gasteiger partial charge in [0.15, 0.2) is 0 Å². The number of hydrogen-bond acceptors (Lipinski definition) is 4. The monoisotopic (exact) mass is 435 g/mol. The van der Waals surface area contributed by atoms with Gasteiger partial charge in [-0.25, -0.2) is 8.42 Å². The molecule has 0 radical (unpaired) electrons. The first-order chi connectivity index (χ1) is 14.4. The molecule has 168 valence electrons. The van der Waals surface area contributed by atoms with Gasteiger partial charge < -0.3 is 10.2 Å². The Kier molecular flexibility index (Phi) is 8.31. The Morgan fingerprint density at radius 2 is 1.67 bits per heavy atom. The molecule has 1 amide bonds. The molecule has 1 aliphatic carbocycles. The molecule has 1 aliphatic heterocycles. The van der Waals surface area contributed by atoms with E-state index in [1.807, 2.05) is 0 Å². The molecule has 7 heteroatoms. The predicted octanol–water partition coefficient (Wildman–Crippen LogP) is 3.49. The number of benzene rings is 1. The van der Waals surface area contributed by atoms with Crippen LogP contribution in [0.25, 0.3) is 0 Å². The van der Waals surface area contributed by atoms with Gasteiger partial charge in [-0.05, 0) is 69.0 Å². The zero-order valence-corrected chi connectivity index (χ0v) is 19.3. The lowest BCUT2D eigenvalue weighted by molar-refractivity contribution is 0.0942. The standard InChI is InChI=1S/C23H37N3O3S/c1-19(18-26-15-7-4-8-16-26)17-24-23(27)20-11-13-22(14-12-20)30(28,29)25(2)21-9-5-3-6-10-21/h11-14,19,21H,3-10,15-18H2,1-2H3,(H,24,27). The van der Waals surface area contributed by atoms with Crippen molar-refractivity contribution >= 4 is 15.9 Å². The average molecular weight is 436 g/mol. The number of hydrogen-bond donors (Lipinski definition) is 1. The van der Waals surface area contributed by atoms with Gasteiger partial charge in [0, 0.05) is 31.7 Å². The van der Waals surface area contributed by atoms with Crippen LogP contribution in [0.4, 0.5) is 0 Å². The van der Waals surface area contributed by atoms with Crippen LogP contribution in [0.15, 0.2) is 29.2 Å². The quantitative estimate of drug-likeness (QED) is 0.679. The summed E-state index contributed by atoms with van der Waals surface area (Å²) in [6.45, 7) is 6.10. The molecule has 1 saturated heterocycles. The van der Waals surface area contributed by atoms with E-state index in [9.17, 15) is 13.2 Å². The third-order valence-electron chi connectivity index (χ3n) is 6.51. The van der Waals surface area contributed by atoms with Gasteiger partial charge in [0.25, 0.3) is 5.91 Å². The van der Waals surface area contributed by atoms with Gasteiger partial charge in [-0.15, -0.1) is 0 Å². The molecule has 0 bridgehead atoms. The van der Waals surface area contributed by atoms with E-state index >= 15 is 0 Å². The maximum absolute atomic E-state index is 12.9. The highest BCUT2D eigenvalue weighted by Gasteiger charge is 2.29. The van der Waals surface area contributed by atoms with Gasteiger partial charge in [-0.3, -0.25) is 4.79 Å². The lowest BCUT2D eigenvalue weighted by Crippen LogP contribution is -2.38. The second-order valence-corrected chi connectivity index (χ2v) is 11.0. The number of nitrogens with one attached hydrogen (secondary N) is 1. The zero-order valence-electron chi connectivity index (χ0n) is 18.5. The van der Waals surface area contributed by atoms with Crippen molar-refractivity contribution in [2.45, 2.75) is 69.2 Å². The number of likely N-dealkylation sites (tertiary alicyclic amines) is 1. The summed E-state index contributed by atoms with van der Waals surface area (Å²) in [6, 6.07) is 6.42. The molecule has 1 unspecified atom stereocenters. The van der Waals surface area contributed by atoms with Gasteiger partial charge in [-0.1, -0.05) is 32.6 Å². The third kappa shape index (κ3) is 6.05. The Hall–Kier alpha value is -1.44. The van der Waals surface area contributed by atoms with E-state index in [4.69, 9.17) is 0 Å². The van der Waals surface area contributed by atoms with Gasteiger partial charge in [0.05, 0.1) is 4.90 Å². The van der Waals surface area contributed by atoms with Crippen LogP contribution in [0.1, 0.15) is 68.6 Å². The topological polar surface area (TPSA) is 69.7 Å². The normalized spacial score (nSPS) is 20.2. The van der Waals surface area contributed by atoms with Gasteiger partial charge in [0.1, 0.15) is 0 Å². The number of carbonyl (C=O) groups excluding carboxylic acids is 1. The molecule has 2 aliphatic rings. The summed E-state index contributed by atoms with van der Waals surface area (Å²) in [5.74, 6) is 0.237. The summed E-state index contributed by atoms with van der Waals surface area (Å²) in [5, 5.41) is 3.00. The van der Waals surface area contributed by atoms with Crippen LogP contribution in [-0.2, 0) is 10.0 Å². The summed E-state index contributed by atoms with van der Waals surface area (Å²) in [6.07, 6.45) is 9.06. The molecule has 6 nitrogen and oxygen atoms in total. The van der Waals surface area contributed by atoms with Crippen molar-refractivity contribution in [3.05, 3.63) is 29.8 Å². The van der Waals surface area contributed by atoms with Crippen LogP contribution in [0, 0.1) is 5.92 Å². The molecule has 2 fully saturated rings. The van der Waals surface area contributed by atoms with Crippen LogP contribution in [0.3, 0.4) is 0 Å². The molecule has 1 N–H and O–H groups in total. The van der Waals surface area contributed by atoms with Crippen molar-refractivity contribution in [3.8, 4) is 0 Å². The SMILES string of the molecule is CC(CNC(=O)c1ccc(S(=O)(=O)N(C)C2CCCCC2)cc1)CN1CCCCC1. The molecule has 1 aromatic rings.